The first-order valence-corrected chi connectivity index (χ1v) is 10.2. The number of nitrogens with zero attached hydrogens (tertiary/aromatic N) is 1. The fourth-order valence-electron chi connectivity index (χ4n) is 2.42. The zero-order valence-corrected chi connectivity index (χ0v) is 14.0. The second kappa shape index (κ2) is 6.42. The lowest BCUT2D eigenvalue weighted by Crippen LogP contribution is -2.48. The highest BCUT2D eigenvalue weighted by Gasteiger charge is 2.44. The van der Waals surface area contributed by atoms with Crippen molar-refractivity contribution >= 4 is 31.5 Å². The fraction of sp³-hybridized carbons (Fsp3) is 0.500. The average Bonchev–Trinajstić information content (AvgIpc) is 2.69. The number of hydrogen-bond donors (Lipinski definition) is 2. The van der Waals surface area contributed by atoms with Crippen LogP contribution >= 0.6 is 11.6 Å². The van der Waals surface area contributed by atoms with E-state index in [0.29, 0.717) is 5.02 Å². The Bertz CT molecular complexity index is 733. The molecule has 22 heavy (non-hydrogen) atoms. The van der Waals surface area contributed by atoms with Gasteiger partial charge in [-0.05, 0) is 24.3 Å². The molecule has 0 radical (unpaired) electrons. The first kappa shape index (κ1) is 17.6. The molecule has 1 aromatic carbocycles. The average molecular weight is 369 g/mol. The fourth-order valence-corrected chi connectivity index (χ4v) is 6.11. The van der Waals surface area contributed by atoms with E-state index in [0.717, 1.165) is 4.31 Å². The maximum absolute atomic E-state index is 12.7. The summed E-state index contributed by atoms with van der Waals surface area (Å²) < 4.78 is 49.6. The molecule has 2 rings (SSSR count). The Hall–Kier alpha value is -0.710. The molecule has 1 fully saturated rings. The van der Waals surface area contributed by atoms with Gasteiger partial charge >= 0.3 is 0 Å². The quantitative estimate of drug-likeness (QED) is 0.719. The van der Waals surface area contributed by atoms with Crippen molar-refractivity contribution in [3.63, 3.8) is 0 Å². The number of aliphatic hydroxyl groups is 1. The number of sulfone groups is 1. The van der Waals surface area contributed by atoms with E-state index in [4.69, 9.17) is 17.3 Å². The molecule has 0 amide bonds. The van der Waals surface area contributed by atoms with Crippen LogP contribution in [0.1, 0.15) is 0 Å². The van der Waals surface area contributed by atoms with Crippen LogP contribution in [0.4, 0.5) is 0 Å². The second-order valence-corrected chi connectivity index (χ2v) is 9.55. The Kier molecular flexibility index (Phi) is 5.15. The Morgan fingerprint density at radius 3 is 2.32 bits per heavy atom. The van der Waals surface area contributed by atoms with Gasteiger partial charge in [-0.2, -0.15) is 4.31 Å². The van der Waals surface area contributed by atoms with E-state index in [1.165, 1.54) is 24.3 Å². The normalized spacial score (nSPS) is 24.7. The monoisotopic (exact) mass is 368 g/mol. The van der Waals surface area contributed by atoms with E-state index in [-0.39, 0.29) is 18.0 Å². The SMILES string of the molecule is NCCN([C@H]1CS(=O)(=O)C[C@@H]1O)S(=O)(=O)c1ccc(Cl)cc1. The van der Waals surface area contributed by atoms with Gasteiger partial charge in [-0.15, -0.1) is 0 Å². The minimum Gasteiger partial charge on any atom is -0.390 e. The zero-order valence-electron chi connectivity index (χ0n) is 11.6. The number of hydrogen-bond acceptors (Lipinski definition) is 6. The van der Waals surface area contributed by atoms with Crippen molar-refractivity contribution in [3.8, 4) is 0 Å². The lowest BCUT2D eigenvalue weighted by atomic mass is 10.2. The molecule has 10 heteroatoms. The Balaban J connectivity index is 2.41. The van der Waals surface area contributed by atoms with E-state index >= 15 is 0 Å². The number of benzene rings is 1. The highest BCUT2D eigenvalue weighted by Crippen LogP contribution is 2.25. The third-order valence-corrected chi connectivity index (χ3v) is 7.32. The van der Waals surface area contributed by atoms with Gasteiger partial charge < -0.3 is 10.8 Å². The number of aliphatic hydroxyl groups excluding tert-OH is 1. The van der Waals surface area contributed by atoms with Crippen LogP contribution in [0.3, 0.4) is 0 Å². The molecule has 1 heterocycles. The summed E-state index contributed by atoms with van der Waals surface area (Å²) in [6, 6.07) is 4.48. The van der Waals surface area contributed by atoms with Crippen LogP contribution in [-0.2, 0) is 19.9 Å². The summed E-state index contributed by atoms with van der Waals surface area (Å²) in [5, 5.41) is 10.3. The maximum atomic E-state index is 12.7. The Morgan fingerprint density at radius 2 is 1.86 bits per heavy atom. The van der Waals surface area contributed by atoms with Crippen molar-refractivity contribution in [3.05, 3.63) is 29.3 Å². The minimum atomic E-state index is -3.98. The van der Waals surface area contributed by atoms with Crippen molar-refractivity contribution in [2.45, 2.75) is 17.0 Å². The highest BCUT2D eigenvalue weighted by atomic mass is 35.5. The summed E-state index contributed by atoms with van der Waals surface area (Å²) in [6.45, 7) is -0.0711. The first-order valence-electron chi connectivity index (χ1n) is 6.53. The van der Waals surface area contributed by atoms with E-state index in [1.54, 1.807) is 0 Å². The smallest absolute Gasteiger partial charge is 0.243 e. The van der Waals surface area contributed by atoms with Gasteiger partial charge in [-0.25, -0.2) is 16.8 Å². The molecule has 0 aliphatic carbocycles. The van der Waals surface area contributed by atoms with Gasteiger partial charge in [0.2, 0.25) is 10.0 Å². The van der Waals surface area contributed by atoms with Crippen LogP contribution in [0.15, 0.2) is 29.2 Å². The van der Waals surface area contributed by atoms with Crippen LogP contribution in [0.2, 0.25) is 5.02 Å². The molecule has 1 aliphatic heterocycles. The summed E-state index contributed by atoms with van der Waals surface area (Å²) in [5.41, 5.74) is 5.45. The van der Waals surface area contributed by atoms with Crippen molar-refractivity contribution in [2.75, 3.05) is 24.6 Å². The summed E-state index contributed by atoms with van der Waals surface area (Å²) >= 11 is 5.74. The first-order chi connectivity index (χ1) is 10.2. The predicted molar refractivity (Wildman–Crippen MR) is 82.8 cm³/mol. The molecule has 124 valence electrons. The van der Waals surface area contributed by atoms with E-state index in [9.17, 15) is 21.9 Å². The summed E-state index contributed by atoms with van der Waals surface area (Å²) in [4.78, 5) is -0.0261. The Morgan fingerprint density at radius 1 is 1.27 bits per heavy atom. The molecule has 0 spiro atoms. The van der Waals surface area contributed by atoms with Crippen LogP contribution in [0, 0.1) is 0 Å². The van der Waals surface area contributed by atoms with Gasteiger partial charge in [-0.3, -0.25) is 0 Å². The predicted octanol–water partition coefficient (Wildman–Crippen LogP) is -0.553. The molecule has 1 aromatic rings. The minimum absolute atomic E-state index is 0.0100. The third kappa shape index (κ3) is 3.61. The van der Waals surface area contributed by atoms with Crippen molar-refractivity contribution < 1.29 is 21.9 Å². The molecule has 3 N–H and O–H groups in total. The van der Waals surface area contributed by atoms with Gasteiger partial charge in [0.1, 0.15) is 0 Å². The summed E-state index contributed by atoms with van der Waals surface area (Å²) in [6.07, 6.45) is -1.27. The van der Waals surface area contributed by atoms with Gasteiger partial charge in [0.25, 0.3) is 0 Å². The molecule has 0 aromatic heterocycles. The van der Waals surface area contributed by atoms with Crippen molar-refractivity contribution in [1.82, 2.24) is 4.31 Å². The van der Waals surface area contributed by atoms with Crippen molar-refractivity contribution in [1.29, 1.82) is 0 Å². The lowest BCUT2D eigenvalue weighted by Gasteiger charge is -2.28. The van der Waals surface area contributed by atoms with E-state index in [2.05, 4.69) is 0 Å². The van der Waals surface area contributed by atoms with Crippen LogP contribution in [0.5, 0.6) is 0 Å². The van der Waals surface area contributed by atoms with Crippen LogP contribution < -0.4 is 5.73 Å². The van der Waals surface area contributed by atoms with Gasteiger partial charge in [0.15, 0.2) is 9.84 Å². The van der Waals surface area contributed by atoms with Crippen molar-refractivity contribution in [2.24, 2.45) is 5.73 Å². The molecule has 0 unspecified atom stereocenters. The number of sulfonamides is 1. The third-order valence-electron chi connectivity index (χ3n) is 3.43. The maximum Gasteiger partial charge on any atom is 0.243 e. The van der Waals surface area contributed by atoms with Gasteiger partial charge in [0, 0.05) is 18.1 Å². The molecule has 1 aliphatic rings. The molecular formula is C12H17ClN2O5S2. The van der Waals surface area contributed by atoms with E-state index < -0.39 is 43.5 Å². The van der Waals surface area contributed by atoms with Gasteiger partial charge in [-0.1, -0.05) is 11.6 Å². The molecule has 1 saturated heterocycles. The Labute approximate surface area is 134 Å². The molecular weight excluding hydrogens is 352 g/mol. The largest absolute Gasteiger partial charge is 0.390 e. The molecule has 0 saturated carbocycles. The van der Waals surface area contributed by atoms with Crippen LogP contribution in [-0.4, -0.2) is 63.0 Å². The standard InChI is InChI=1S/C12H17ClN2O5S2/c13-9-1-3-10(4-2-9)22(19,20)15(6-5-14)11-7-21(17,18)8-12(11)16/h1-4,11-12,16H,5-8,14H2/t11-,12-/m0/s1. The number of halogens is 1. The number of nitrogens with two attached hydrogens (primary N) is 1. The molecule has 0 bridgehead atoms. The summed E-state index contributed by atoms with van der Waals surface area (Å²) in [5.74, 6) is -0.865. The number of rotatable bonds is 5. The van der Waals surface area contributed by atoms with E-state index in [1.807, 2.05) is 0 Å². The van der Waals surface area contributed by atoms with Crippen LogP contribution in [0.25, 0.3) is 0 Å². The molecule has 7 nitrogen and oxygen atoms in total. The summed E-state index contributed by atoms with van der Waals surface area (Å²) in [7, 11) is -7.45. The topological polar surface area (TPSA) is 118 Å². The zero-order chi connectivity index (χ0) is 16.5. The molecule has 2 atom stereocenters. The lowest BCUT2D eigenvalue weighted by molar-refractivity contribution is 0.129. The second-order valence-electron chi connectivity index (χ2n) is 5.07. The van der Waals surface area contributed by atoms with Gasteiger partial charge in [0.05, 0.1) is 28.5 Å². The highest BCUT2D eigenvalue weighted by molar-refractivity contribution is 7.92.